The van der Waals surface area contributed by atoms with Gasteiger partial charge in [-0.3, -0.25) is 9.78 Å². The van der Waals surface area contributed by atoms with Gasteiger partial charge in [-0.15, -0.1) is 0 Å². The Morgan fingerprint density at radius 2 is 2.13 bits per heavy atom. The predicted molar refractivity (Wildman–Crippen MR) is 114 cm³/mol. The molecule has 1 unspecified atom stereocenters. The first kappa shape index (κ1) is 21.1. The van der Waals surface area contributed by atoms with E-state index < -0.39 is 11.5 Å². The number of pyridine rings is 1. The summed E-state index contributed by atoms with van der Waals surface area (Å²) in [5.41, 5.74) is 0.830. The summed E-state index contributed by atoms with van der Waals surface area (Å²) < 4.78 is 11.3. The number of carboxylic acid groups (broad SMARTS) is 1. The molecule has 1 amide bonds. The van der Waals surface area contributed by atoms with E-state index in [2.05, 4.69) is 9.97 Å². The standard InChI is InChI=1S/C22H22ClN3O5/c1-22(21(28)29)7-3-9-26(22)20(27)13-10-16-19(17(11-13)30-2)31-18(25-16)5-4-15-12-14(23)6-8-24-15/h6,8,10-12H,3-5,7,9H2,1-2H3,(H,28,29). The number of carbonyl (C=O) groups excluding carboxylic acids is 1. The molecule has 1 saturated heterocycles. The summed E-state index contributed by atoms with van der Waals surface area (Å²) in [5, 5.41) is 10.2. The van der Waals surface area contributed by atoms with E-state index in [9.17, 15) is 14.7 Å². The molecule has 0 saturated carbocycles. The number of carbonyl (C=O) groups is 2. The Labute approximate surface area is 183 Å². The molecule has 0 radical (unpaired) electrons. The number of benzene rings is 1. The van der Waals surface area contributed by atoms with Gasteiger partial charge >= 0.3 is 5.97 Å². The number of halogens is 1. The number of amides is 1. The monoisotopic (exact) mass is 443 g/mol. The molecular formula is C22H22ClN3O5. The highest BCUT2D eigenvalue weighted by Crippen LogP contribution is 2.34. The van der Waals surface area contributed by atoms with Crippen molar-refractivity contribution in [2.75, 3.05) is 13.7 Å². The van der Waals surface area contributed by atoms with Crippen LogP contribution in [-0.4, -0.2) is 51.0 Å². The number of hydrogen-bond acceptors (Lipinski definition) is 6. The highest BCUT2D eigenvalue weighted by atomic mass is 35.5. The third-order valence-electron chi connectivity index (χ3n) is 5.69. The number of oxazole rings is 1. The zero-order valence-corrected chi connectivity index (χ0v) is 18.0. The number of rotatable bonds is 6. The molecule has 0 aliphatic carbocycles. The van der Waals surface area contributed by atoms with Crippen LogP contribution in [0.4, 0.5) is 0 Å². The minimum atomic E-state index is -1.22. The highest BCUT2D eigenvalue weighted by Gasteiger charge is 2.46. The average molecular weight is 444 g/mol. The zero-order valence-electron chi connectivity index (χ0n) is 17.2. The van der Waals surface area contributed by atoms with Gasteiger partial charge in [0, 0.05) is 35.4 Å². The number of nitrogens with zero attached hydrogens (tertiary/aromatic N) is 3. The topological polar surface area (TPSA) is 106 Å². The number of carboxylic acids is 1. The first-order valence-corrected chi connectivity index (χ1v) is 10.3. The number of likely N-dealkylation sites (tertiary alicyclic amines) is 1. The lowest BCUT2D eigenvalue weighted by Gasteiger charge is -2.31. The molecule has 1 fully saturated rings. The lowest BCUT2D eigenvalue weighted by atomic mass is 9.98. The van der Waals surface area contributed by atoms with Crippen LogP contribution in [0.3, 0.4) is 0 Å². The zero-order chi connectivity index (χ0) is 22.2. The molecule has 1 N–H and O–H groups in total. The SMILES string of the molecule is COc1cc(C(=O)N2CCCC2(C)C(=O)O)cc2nc(CCc3cc(Cl)ccn3)oc12. The summed E-state index contributed by atoms with van der Waals surface area (Å²) in [6, 6.07) is 6.69. The molecule has 0 bridgehead atoms. The number of hydrogen-bond donors (Lipinski definition) is 1. The molecular weight excluding hydrogens is 422 g/mol. The summed E-state index contributed by atoms with van der Waals surface area (Å²) in [4.78, 5) is 35.1. The van der Waals surface area contributed by atoms with Crippen molar-refractivity contribution in [3.63, 3.8) is 0 Å². The van der Waals surface area contributed by atoms with Crippen molar-refractivity contribution in [2.45, 2.75) is 38.1 Å². The second-order valence-corrected chi connectivity index (χ2v) is 8.18. The van der Waals surface area contributed by atoms with Gasteiger partial charge in [-0.25, -0.2) is 9.78 Å². The molecule has 1 aromatic carbocycles. The molecule has 0 spiro atoms. The van der Waals surface area contributed by atoms with Crippen LogP contribution in [0.15, 0.2) is 34.9 Å². The summed E-state index contributed by atoms with van der Waals surface area (Å²) >= 11 is 6.00. The molecule has 162 valence electrons. The second kappa shape index (κ2) is 8.19. The Kier molecular flexibility index (Phi) is 5.58. The maximum atomic E-state index is 13.2. The van der Waals surface area contributed by atoms with E-state index in [0.717, 1.165) is 5.69 Å². The summed E-state index contributed by atoms with van der Waals surface area (Å²) in [5.74, 6) is -0.520. The van der Waals surface area contributed by atoms with Gasteiger partial charge in [0.1, 0.15) is 11.1 Å². The first-order valence-electron chi connectivity index (χ1n) is 9.95. The van der Waals surface area contributed by atoms with Gasteiger partial charge in [-0.05, 0) is 50.5 Å². The van der Waals surface area contributed by atoms with Crippen LogP contribution in [0.2, 0.25) is 5.02 Å². The van der Waals surface area contributed by atoms with Gasteiger partial charge in [0.2, 0.25) is 0 Å². The van der Waals surface area contributed by atoms with Gasteiger partial charge in [0.05, 0.1) is 7.11 Å². The molecule has 1 aliphatic heterocycles. The second-order valence-electron chi connectivity index (χ2n) is 7.74. The quantitative estimate of drug-likeness (QED) is 0.618. The summed E-state index contributed by atoms with van der Waals surface area (Å²) in [7, 11) is 1.48. The van der Waals surface area contributed by atoms with Crippen molar-refractivity contribution in [1.29, 1.82) is 0 Å². The number of ether oxygens (including phenoxy) is 1. The van der Waals surface area contributed by atoms with Crippen LogP contribution >= 0.6 is 11.6 Å². The van der Waals surface area contributed by atoms with E-state index in [0.29, 0.717) is 65.6 Å². The van der Waals surface area contributed by atoms with Crippen LogP contribution in [0, 0.1) is 0 Å². The lowest BCUT2D eigenvalue weighted by molar-refractivity contribution is -0.147. The summed E-state index contributed by atoms with van der Waals surface area (Å²) in [6.45, 7) is 1.97. The van der Waals surface area contributed by atoms with Crippen molar-refractivity contribution in [2.24, 2.45) is 0 Å². The number of aromatic nitrogens is 2. The van der Waals surface area contributed by atoms with Crippen molar-refractivity contribution in [1.82, 2.24) is 14.9 Å². The van der Waals surface area contributed by atoms with Crippen LogP contribution < -0.4 is 4.74 Å². The molecule has 1 aliphatic rings. The molecule has 3 heterocycles. The number of aryl methyl sites for hydroxylation is 2. The number of methoxy groups -OCH3 is 1. The Balaban J connectivity index is 1.62. The van der Waals surface area contributed by atoms with Crippen molar-refractivity contribution in [3.05, 3.63) is 52.6 Å². The largest absolute Gasteiger partial charge is 0.493 e. The number of fused-ring (bicyclic) bond motifs is 1. The maximum Gasteiger partial charge on any atom is 0.329 e. The smallest absolute Gasteiger partial charge is 0.329 e. The number of aliphatic carboxylic acids is 1. The molecule has 4 rings (SSSR count). The molecule has 3 aromatic rings. The van der Waals surface area contributed by atoms with E-state index in [-0.39, 0.29) is 5.91 Å². The fourth-order valence-corrected chi connectivity index (χ4v) is 4.10. The van der Waals surface area contributed by atoms with E-state index in [1.54, 1.807) is 37.4 Å². The predicted octanol–water partition coefficient (Wildman–Crippen LogP) is 3.75. The van der Waals surface area contributed by atoms with Gasteiger partial charge in [0.15, 0.2) is 17.2 Å². The van der Waals surface area contributed by atoms with E-state index >= 15 is 0 Å². The van der Waals surface area contributed by atoms with Gasteiger partial charge in [-0.1, -0.05) is 11.6 Å². The third-order valence-corrected chi connectivity index (χ3v) is 5.92. The van der Waals surface area contributed by atoms with E-state index in [4.69, 9.17) is 20.8 Å². The molecule has 31 heavy (non-hydrogen) atoms. The Hall–Kier alpha value is -3.13. The maximum absolute atomic E-state index is 13.2. The van der Waals surface area contributed by atoms with Crippen LogP contribution in [0.1, 0.15) is 41.7 Å². The van der Waals surface area contributed by atoms with Crippen LogP contribution in [-0.2, 0) is 17.6 Å². The normalized spacial score (nSPS) is 18.5. The summed E-state index contributed by atoms with van der Waals surface area (Å²) in [6.07, 6.45) is 3.79. The van der Waals surface area contributed by atoms with Crippen LogP contribution in [0.25, 0.3) is 11.1 Å². The van der Waals surface area contributed by atoms with Crippen molar-refractivity contribution < 1.29 is 23.8 Å². The fourth-order valence-electron chi connectivity index (χ4n) is 3.92. The fraction of sp³-hybridized carbons (Fsp3) is 0.364. The van der Waals surface area contributed by atoms with E-state index in [1.807, 2.05) is 0 Å². The minimum absolute atomic E-state index is 0.315. The first-order chi connectivity index (χ1) is 14.8. The van der Waals surface area contributed by atoms with Gasteiger partial charge in [-0.2, -0.15) is 0 Å². The highest BCUT2D eigenvalue weighted by molar-refractivity contribution is 6.30. The average Bonchev–Trinajstić information content (AvgIpc) is 3.35. The minimum Gasteiger partial charge on any atom is -0.493 e. The van der Waals surface area contributed by atoms with Gasteiger partial charge in [0.25, 0.3) is 5.91 Å². The Morgan fingerprint density at radius 1 is 1.32 bits per heavy atom. The Bertz CT molecular complexity index is 1160. The third kappa shape index (κ3) is 3.95. The van der Waals surface area contributed by atoms with Gasteiger partial charge < -0.3 is 19.2 Å². The molecule has 9 heteroatoms. The molecule has 8 nitrogen and oxygen atoms in total. The Morgan fingerprint density at radius 3 is 2.84 bits per heavy atom. The molecule has 1 atom stereocenters. The lowest BCUT2D eigenvalue weighted by Crippen LogP contribution is -2.50. The van der Waals surface area contributed by atoms with Crippen LogP contribution in [0.5, 0.6) is 5.75 Å². The van der Waals surface area contributed by atoms with Crippen molar-refractivity contribution in [3.8, 4) is 5.75 Å². The van der Waals surface area contributed by atoms with Crippen molar-refractivity contribution >= 4 is 34.6 Å². The van der Waals surface area contributed by atoms with E-state index in [1.165, 1.54) is 12.0 Å². The molecule has 2 aromatic heterocycles.